The van der Waals surface area contributed by atoms with Crippen molar-refractivity contribution >= 4 is 5.91 Å². The minimum absolute atomic E-state index is 0.161. The molecule has 2 heteroatoms. The minimum atomic E-state index is -0.161. The van der Waals surface area contributed by atoms with Crippen LogP contribution in [0.4, 0.5) is 0 Å². The van der Waals surface area contributed by atoms with Gasteiger partial charge in [-0.15, -0.1) is 0 Å². The second kappa shape index (κ2) is 14.3. The zero-order valence-electron chi connectivity index (χ0n) is 16.5. The molecule has 1 saturated carbocycles. The van der Waals surface area contributed by atoms with Crippen molar-refractivity contribution in [3.05, 3.63) is 35.5 Å². The van der Waals surface area contributed by atoms with Crippen LogP contribution in [0.1, 0.15) is 80.6 Å². The van der Waals surface area contributed by atoms with Crippen LogP contribution in [-0.2, 0) is 4.79 Å². The number of hydrogen-bond acceptors (Lipinski definition) is 1. The van der Waals surface area contributed by atoms with Gasteiger partial charge < -0.3 is 5.73 Å². The molecule has 0 spiro atoms. The van der Waals surface area contributed by atoms with Gasteiger partial charge in [0.05, 0.1) is 0 Å². The summed E-state index contributed by atoms with van der Waals surface area (Å²) in [6.07, 6.45) is 9.12. The van der Waals surface area contributed by atoms with E-state index in [9.17, 15) is 4.79 Å². The smallest absolute Gasteiger partial charge is 0.217 e. The van der Waals surface area contributed by atoms with Gasteiger partial charge in [-0.05, 0) is 69.4 Å². The lowest BCUT2D eigenvalue weighted by atomic mass is 9.75. The lowest BCUT2D eigenvalue weighted by molar-refractivity contribution is -0.119. The van der Waals surface area contributed by atoms with Gasteiger partial charge in [0.1, 0.15) is 0 Å². The average Bonchev–Trinajstić information content (AvgIpc) is 2.56. The highest BCUT2D eigenvalue weighted by Crippen LogP contribution is 2.37. The molecular weight excluding hydrogens is 282 g/mol. The highest BCUT2D eigenvalue weighted by molar-refractivity contribution is 5.74. The summed E-state index contributed by atoms with van der Waals surface area (Å²) in [4.78, 5) is 11.0. The molecule has 1 rings (SSSR count). The summed E-state index contributed by atoms with van der Waals surface area (Å²) in [5, 5.41) is 0. The molecule has 0 bridgehead atoms. The molecule has 0 aliphatic heterocycles. The molecule has 1 aliphatic rings. The predicted molar refractivity (Wildman–Crippen MR) is 104 cm³/mol. The van der Waals surface area contributed by atoms with Crippen LogP contribution in [0.15, 0.2) is 35.5 Å². The highest BCUT2D eigenvalue weighted by atomic mass is 16.1. The van der Waals surface area contributed by atoms with Gasteiger partial charge in [-0.2, -0.15) is 0 Å². The van der Waals surface area contributed by atoms with Gasteiger partial charge in [0, 0.05) is 6.42 Å². The lowest BCUT2D eigenvalue weighted by Gasteiger charge is -2.30. The number of hydrogen-bond donors (Lipinski definition) is 1. The fraction of sp³-hybridized carbons (Fsp3) is 0.667. The molecule has 0 heterocycles. The first-order valence-electron chi connectivity index (χ1n) is 9.21. The van der Waals surface area contributed by atoms with Crippen molar-refractivity contribution in [2.45, 2.75) is 80.6 Å². The van der Waals surface area contributed by atoms with Crippen LogP contribution in [0, 0.1) is 11.8 Å². The van der Waals surface area contributed by atoms with E-state index in [0.29, 0.717) is 18.3 Å². The fourth-order valence-electron chi connectivity index (χ4n) is 2.95. The van der Waals surface area contributed by atoms with Crippen molar-refractivity contribution in [3.8, 4) is 0 Å². The number of amides is 1. The SMILES string of the molecule is C=C/C=C(\C(C)=C(C)C)C1CCC(CC(N)=O)CC1.CC.CC. The normalized spacial score (nSPS) is 20.2. The quantitative estimate of drug-likeness (QED) is 0.603. The molecule has 0 aromatic rings. The summed E-state index contributed by atoms with van der Waals surface area (Å²) in [6, 6.07) is 0. The van der Waals surface area contributed by atoms with E-state index in [2.05, 4.69) is 33.4 Å². The van der Waals surface area contributed by atoms with E-state index in [-0.39, 0.29) is 5.91 Å². The third kappa shape index (κ3) is 9.43. The molecule has 1 aliphatic carbocycles. The Bertz CT molecular complexity index is 392. The van der Waals surface area contributed by atoms with Gasteiger partial charge in [0.25, 0.3) is 0 Å². The Balaban J connectivity index is 0. The zero-order chi connectivity index (χ0) is 18.4. The van der Waals surface area contributed by atoms with Gasteiger partial charge in [-0.25, -0.2) is 0 Å². The molecule has 2 N–H and O–H groups in total. The third-order valence-electron chi connectivity index (χ3n) is 4.26. The molecule has 0 aromatic heterocycles. The Morgan fingerprint density at radius 1 is 1.04 bits per heavy atom. The molecule has 1 fully saturated rings. The number of rotatable bonds is 5. The Hall–Kier alpha value is -1.31. The van der Waals surface area contributed by atoms with E-state index in [1.54, 1.807) is 0 Å². The molecule has 2 nitrogen and oxygen atoms in total. The molecule has 0 radical (unpaired) electrons. The van der Waals surface area contributed by atoms with Crippen molar-refractivity contribution in [1.82, 2.24) is 0 Å². The van der Waals surface area contributed by atoms with Gasteiger partial charge in [-0.3, -0.25) is 4.79 Å². The molecule has 1 amide bonds. The van der Waals surface area contributed by atoms with E-state index < -0.39 is 0 Å². The maximum atomic E-state index is 11.0. The van der Waals surface area contributed by atoms with Crippen LogP contribution in [-0.4, -0.2) is 5.91 Å². The molecule has 134 valence electrons. The monoisotopic (exact) mass is 321 g/mol. The molecular formula is C21H39NO. The van der Waals surface area contributed by atoms with Gasteiger partial charge in [0.15, 0.2) is 0 Å². The first-order valence-corrected chi connectivity index (χ1v) is 9.21. The van der Waals surface area contributed by atoms with Crippen LogP contribution >= 0.6 is 0 Å². The lowest BCUT2D eigenvalue weighted by Crippen LogP contribution is -2.22. The molecule has 0 aromatic carbocycles. The summed E-state index contributed by atoms with van der Waals surface area (Å²) in [5.74, 6) is 0.938. The van der Waals surface area contributed by atoms with Crippen molar-refractivity contribution in [3.63, 3.8) is 0 Å². The van der Waals surface area contributed by atoms with Crippen LogP contribution in [0.2, 0.25) is 0 Å². The number of carbonyl (C=O) groups is 1. The number of primary amides is 1. The second-order valence-corrected chi connectivity index (χ2v) is 5.87. The molecule has 0 unspecified atom stereocenters. The maximum Gasteiger partial charge on any atom is 0.217 e. The Morgan fingerprint density at radius 3 is 1.87 bits per heavy atom. The Morgan fingerprint density at radius 2 is 1.52 bits per heavy atom. The fourth-order valence-corrected chi connectivity index (χ4v) is 2.95. The Labute approximate surface area is 144 Å². The van der Waals surface area contributed by atoms with E-state index in [1.807, 2.05) is 33.8 Å². The average molecular weight is 322 g/mol. The van der Waals surface area contributed by atoms with Crippen molar-refractivity contribution in [2.24, 2.45) is 17.6 Å². The van der Waals surface area contributed by atoms with Crippen LogP contribution in [0.5, 0.6) is 0 Å². The van der Waals surface area contributed by atoms with Crippen molar-refractivity contribution < 1.29 is 4.79 Å². The van der Waals surface area contributed by atoms with E-state index in [1.165, 1.54) is 16.7 Å². The number of allylic oxidation sites excluding steroid dienone is 5. The maximum absolute atomic E-state index is 11.0. The third-order valence-corrected chi connectivity index (χ3v) is 4.26. The van der Waals surface area contributed by atoms with Gasteiger partial charge >= 0.3 is 0 Å². The van der Waals surface area contributed by atoms with Crippen LogP contribution in [0.3, 0.4) is 0 Å². The Kier molecular flexibility index (Phi) is 14.9. The molecule has 0 saturated heterocycles. The highest BCUT2D eigenvalue weighted by Gasteiger charge is 2.25. The summed E-state index contributed by atoms with van der Waals surface area (Å²) in [7, 11) is 0. The first-order chi connectivity index (χ1) is 11.0. The van der Waals surface area contributed by atoms with Crippen molar-refractivity contribution in [1.29, 1.82) is 0 Å². The summed E-state index contributed by atoms with van der Waals surface area (Å²) >= 11 is 0. The van der Waals surface area contributed by atoms with E-state index in [4.69, 9.17) is 5.73 Å². The first kappa shape index (κ1) is 23.9. The number of nitrogens with two attached hydrogens (primary N) is 1. The second-order valence-electron chi connectivity index (χ2n) is 5.87. The summed E-state index contributed by atoms with van der Waals surface area (Å²) in [6.45, 7) is 18.3. The van der Waals surface area contributed by atoms with Crippen LogP contribution < -0.4 is 5.73 Å². The van der Waals surface area contributed by atoms with Crippen molar-refractivity contribution in [2.75, 3.05) is 0 Å². The standard InChI is InChI=1S/C17H27NO.2C2H6/c1-5-6-16(13(4)12(2)3)15-9-7-14(8-10-15)11-17(18)19;2*1-2/h5-6,14-15H,1,7-11H2,2-4H3,(H2,18,19);2*1-2H3/b16-6+;;. The predicted octanol–water partition coefficient (Wildman–Crippen LogP) is 6.19. The van der Waals surface area contributed by atoms with Crippen LogP contribution in [0.25, 0.3) is 0 Å². The zero-order valence-corrected chi connectivity index (χ0v) is 16.5. The van der Waals surface area contributed by atoms with E-state index >= 15 is 0 Å². The summed E-state index contributed by atoms with van der Waals surface area (Å²) in [5.41, 5.74) is 9.46. The molecule has 23 heavy (non-hydrogen) atoms. The molecule has 0 atom stereocenters. The van der Waals surface area contributed by atoms with Gasteiger partial charge in [0.2, 0.25) is 5.91 Å². The summed E-state index contributed by atoms with van der Waals surface area (Å²) < 4.78 is 0. The minimum Gasteiger partial charge on any atom is -0.370 e. The van der Waals surface area contributed by atoms with E-state index in [0.717, 1.165) is 25.7 Å². The largest absolute Gasteiger partial charge is 0.370 e. The number of carbonyl (C=O) groups excluding carboxylic acids is 1. The topological polar surface area (TPSA) is 43.1 Å². The van der Waals surface area contributed by atoms with Gasteiger partial charge in [-0.1, -0.05) is 52.0 Å².